The highest BCUT2D eigenvalue weighted by Gasteiger charge is 2.40. The van der Waals surface area contributed by atoms with Crippen LogP contribution < -0.4 is 5.32 Å². The van der Waals surface area contributed by atoms with Crippen LogP contribution in [-0.2, 0) is 34.3 Å². The van der Waals surface area contributed by atoms with Crippen LogP contribution in [0, 0.1) is 13.8 Å². The fraction of sp³-hybridized carbons (Fsp3) is 0.240. The molecule has 1 N–H and O–H groups in total. The van der Waals surface area contributed by atoms with Crippen molar-refractivity contribution in [2.75, 3.05) is 0 Å². The quantitative estimate of drug-likeness (QED) is 0.604. The summed E-state index contributed by atoms with van der Waals surface area (Å²) in [6.07, 6.45) is 0.321. The molecule has 3 aromatic carbocycles. The molecule has 5 nitrogen and oxygen atoms in total. The van der Waals surface area contributed by atoms with Crippen LogP contribution in [0.1, 0.15) is 27.8 Å². The molecule has 7 heteroatoms. The second-order valence-electron chi connectivity index (χ2n) is 8.16. The molecule has 4 rings (SSSR count). The standard InChI is InChI=1S/C25H25ClN2O3S/c1-17-10-11-18(2)24(12-17)32(30,31)28-16-21-8-4-3-7-20(21)14-23(28)25(29)27-15-19-6-5-9-22(26)13-19/h3-13,23H,14-16H2,1-2H3,(H,27,29). The number of benzene rings is 3. The van der Waals surface area contributed by atoms with Crippen LogP contribution in [0.5, 0.6) is 0 Å². The van der Waals surface area contributed by atoms with Gasteiger partial charge in [-0.1, -0.05) is 60.1 Å². The van der Waals surface area contributed by atoms with Gasteiger partial charge in [0.2, 0.25) is 15.9 Å². The Labute approximate surface area is 194 Å². The molecule has 1 aliphatic heterocycles. The van der Waals surface area contributed by atoms with E-state index in [1.54, 1.807) is 31.2 Å². The second kappa shape index (κ2) is 9.06. The van der Waals surface area contributed by atoms with Crippen molar-refractivity contribution < 1.29 is 13.2 Å². The minimum absolute atomic E-state index is 0.154. The smallest absolute Gasteiger partial charge is 0.244 e. The maximum atomic E-state index is 13.7. The van der Waals surface area contributed by atoms with Crippen molar-refractivity contribution in [1.82, 2.24) is 9.62 Å². The van der Waals surface area contributed by atoms with Gasteiger partial charge in [-0.05, 0) is 66.3 Å². The maximum Gasteiger partial charge on any atom is 0.244 e. The van der Waals surface area contributed by atoms with Crippen molar-refractivity contribution >= 4 is 27.5 Å². The normalized spacial score (nSPS) is 16.4. The van der Waals surface area contributed by atoms with Gasteiger partial charge in [-0.2, -0.15) is 4.31 Å². The summed E-state index contributed by atoms with van der Waals surface area (Å²) in [7, 11) is -3.89. The number of carbonyl (C=O) groups is 1. The summed E-state index contributed by atoms with van der Waals surface area (Å²) >= 11 is 6.04. The van der Waals surface area contributed by atoms with Crippen molar-refractivity contribution in [3.8, 4) is 0 Å². The van der Waals surface area contributed by atoms with Crippen molar-refractivity contribution in [3.63, 3.8) is 0 Å². The van der Waals surface area contributed by atoms with Gasteiger partial charge in [-0.3, -0.25) is 4.79 Å². The lowest BCUT2D eigenvalue weighted by Crippen LogP contribution is -2.52. The van der Waals surface area contributed by atoms with E-state index in [2.05, 4.69) is 5.32 Å². The van der Waals surface area contributed by atoms with Crippen LogP contribution in [-0.4, -0.2) is 24.7 Å². The van der Waals surface area contributed by atoms with E-state index < -0.39 is 16.1 Å². The summed E-state index contributed by atoms with van der Waals surface area (Å²) in [5.74, 6) is -0.326. The zero-order chi connectivity index (χ0) is 22.9. The fourth-order valence-corrected chi connectivity index (χ4v) is 6.13. The Balaban J connectivity index is 1.68. The number of nitrogens with one attached hydrogen (secondary N) is 1. The molecule has 0 spiro atoms. The average Bonchev–Trinajstić information content (AvgIpc) is 2.78. The summed E-state index contributed by atoms with van der Waals surface area (Å²) < 4.78 is 28.8. The summed E-state index contributed by atoms with van der Waals surface area (Å²) in [6.45, 7) is 4.06. The van der Waals surface area contributed by atoms with Crippen molar-refractivity contribution in [2.45, 2.75) is 44.3 Å². The van der Waals surface area contributed by atoms with Gasteiger partial charge in [0.15, 0.2) is 0 Å². The van der Waals surface area contributed by atoms with Gasteiger partial charge in [-0.25, -0.2) is 8.42 Å². The lowest BCUT2D eigenvalue weighted by Gasteiger charge is -2.35. The van der Waals surface area contributed by atoms with Crippen LogP contribution in [0.3, 0.4) is 0 Å². The number of amides is 1. The first-order valence-corrected chi connectivity index (χ1v) is 12.3. The number of sulfonamides is 1. The Kier molecular flexibility index (Phi) is 6.38. The molecule has 3 aromatic rings. The molecule has 0 bridgehead atoms. The fourth-order valence-electron chi connectivity index (χ4n) is 4.04. The number of aryl methyl sites for hydroxylation is 2. The maximum absolute atomic E-state index is 13.7. The highest BCUT2D eigenvalue weighted by Crippen LogP contribution is 2.31. The van der Waals surface area contributed by atoms with Gasteiger partial charge in [0.05, 0.1) is 4.90 Å². The van der Waals surface area contributed by atoms with Gasteiger partial charge in [0.1, 0.15) is 6.04 Å². The molecule has 166 valence electrons. The Bertz CT molecular complexity index is 1270. The molecule has 0 radical (unpaired) electrons. The summed E-state index contributed by atoms with van der Waals surface area (Å²) in [5.41, 5.74) is 4.27. The molecule has 1 amide bonds. The lowest BCUT2D eigenvalue weighted by molar-refractivity contribution is -0.125. The van der Waals surface area contributed by atoms with Crippen LogP contribution in [0.4, 0.5) is 0 Å². The van der Waals surface area contributed by atoms with Gasteiger partial charge in [0, 0.05) is 18.1 Å². The molecular formula is C25H25ClN2O3S. The Morgan fingerprint density at radius 2 is 1.78 bits per heavy atom. The van der Waals surface area contributed by atoms with Gasteiger partial charge in [0.25, 0.3) is 0 Å². The third-order valence-corrected chi connectivity index (χ3v) is 8.03. The van der Waals surface area contributed by atoms with Crippen LogP contribution in [0.25, 0.3) is 0 Å². The molecule has 1 aliphatic rings. The third-order valence-electron chi connectivity index (χ3n) is 5.79. The first kappa shape index (κ1) is 22.5. The molecular weight excluding hydrogens is 444 g/mol. The second-order valence-corrected chi connectivity index (χ2v) is 10.5. The highest BCUT2D eigenvalue weighted by molar-refractivity contribution is 7.89. The van der Waals surface area contributed by atoms with E-state index in [9.17, 15) is 13.2 Å². The van der Waals surface area contributed by atoms with Gasteiger partial charge >= 0.3 is 0 Å². The van der Waals surface area contributed by atoms with E-state index in [0.717, 1.165) is 22.3 Å². The minimum Gasteiger partial charge on any atom is -0.351 e. The molecule has 32 heavy (non-hydrogen) atoms. The number of carbonyl (C=O) groups excluding carboxylic acids is 1. The Morgan fingerprint density at radius 3 is 2.53 bits per heavy atom. The van der Waals surface area contributed by atoms with Crippen molar-refractivity contribution in [2.24, 2.45) is 0 Å². The topological polar surface area (TPSA) is 66.5 Å². The summed E-state index contributed by atoms with van der Waals surface area (Å²) in [4.78, 5) is 13.5. The van der Waals surface area contributed by atoms with E-state index in [-0.39, 0.29) is 23.9 Å². The molecule has 1 unspecified atom stereocenters. The molecule has 0 saturated carbocycles. The molecule has 0 aliphatic carbocycles. The zero-order valence-corrected chi connectivity index (χ0v) is 19.6. The number of halogens is 1. The number of nitrogens with zero attached hydrogens (tertiary/aromatic N) is 1. The Morgan fingerprint density at radius 1 is 1.03 bits per heavy atom. The van der Waals surface area contributed by atoms with E-state index in [1.807, 2.05) is 49.4 Å². The van der Waals surface area contributed by atoms with Crippen molar-refractivity contribution in [1.29, 1.82) is 0 Å². The van der Waals surface area contributed by atoms with E-state index in [1.165, 1.54) is 4.31 Å². The molecule has 1 atom stereocenters. The molecule has 0 saturated heterocycles. The number of fused-ring (bicyclic) bond motifs is 1. The van der Waals surface area contributed by atoms with E-state index in [0.29, 0.717) is 17.0 Å². The van der Waals surface area contributed by atoms with Gasteiger partial charge in [-0.15, -0.1) is 0 Å². The SMILES string of the molecule is Cc1ccc(C)c(S(=O)(=O)N2Cc3ccccc3CC2C(=O)NCc2cccc(Cl)c2)c1. The molecule has 1 heterocycles. The number of rotatable bonds is 5. The third kappa shape index (κ3) is 4.58. The lowest BCUT2D eigenvalue weighted by atomic mass is 9.95. The summed E-state index contributed by atoms with van der Waals surface area (Å²) in [5, 5.41) is 3.49. The zero-order valence-electron chi connectivity index (χ0n) is 18.0. The number of hydrogen-bond donors (Lipinski definition) is 1. The van der Waals surface area contributed by atoms with Gasteiger partial charge < -0.3 is 5.32 Å². The summed E-state index contributed by atoms with van der Waals surface area (Å²) in [6, 6.07) is 19.4. The number of hydrogen-bond acceptors (Lipinski definition) is 3. The average molecular weight is 469 g/mol. The highest BCUT2D eigenvalue weighted by atomic mass is 35.5. The Hall–Kier alpha value is -2.67. The molecule has 0 aromatic heterocycles. The van der Waals surface area contributed by atoms with E-state index in [4.69, 9.17) is 11.6 Å². The van der Waals surface area contributed by atoms with Crippen LogP contribution in [0.2, 0.25) is 5.02 Å². The van der Waals surface area contributed by atoms with Crippen molar-refractivity contribution in [3.05, 3.63) is 99.6 Å². The molecule has 0 fully saturated rings. The predicted molar refractivity (Wildman–Crippen MR) is 126 cm³/mol. The monoisotopic (exact) mass is 468 g/mol. The predicted octanol–water partition coefficient (Wildman–Crippen LogP) is 4.39. The largest absolute Gasteiger partial charge is 0.351 e. The minimum atomic E-state index is -3.89. The first-order valence-electron chi connectivity index (χ1n) is 10.4. The first-order chi connectivity index (χ1) is 15.3. The van der Waals surface area contributed by atoms with E-state index >= 15 is 0 Å². The van der Waals surface area contributed by atoms with Crippen LogP contribution >= 0.6 is 11.6 Å². The van der Waals surface area contributed by atoms with Crippen LogP contribution in [0.15, 0.2) is 71.6 Å².